The van der Waals surface area contributed by atoms with E-state index in [4.69, 9.17) is 19.9 Å². The molecule has 4 N–H and O–H groups in total. The zero-order valence-corrected chi connectivity index (χ0v) is 15.9. The molecule has 1 fully saturated rings. The minimum atomic E-state index is -1.17. The molecule has 1 aliphatic rings. The highest BCUT2D eigenvalue weighted by Gasteiger charge is 2.44. The lowest BCUT2D eigenvalue weighted by Crippen LogP contribution is -2.59. The zero-order chi connectivity index (χ0) is 20.7. The van der Waals surface area contributed by atoms with Crippen LogP contribution in [0.2, 0.25) is 0 Å². The zero-order valence-electron chi connectivity index (χ0n) is 15.9. The van der Waals surface area contributed by atoms with Crippen molar-refractivity contribution in [3.8, 4) is 5.75 Å². The van der Waals surface area contributed by atoms with Crippen LogP contribution in [0.3, 0.4) is 0 Å². The first kappa shape index (κ1) is 19.5. The second kappa shape index (κ2) is 7.53. The van der Waals surface area contributed by atoms with Gasteiger partial charge in [-0.05, 0) is 31.2 Å². The molecule has 1 aliphatic heterocycles. The maximum Gasteiger partial charge on any atom is 0.250 e. The first-order chi connectivity index (χ1) is 13.9. The topological polar surface area (TPSA) is 137 Å². The summed E-state index contributed by atoms with van der Waals surface area (Å²) >= 11 is 0. The lowest BCUT2D eigenvalue weighted by molar-refractivity contribution is -0.273. The van der Waals surface area contributed by atoms with Gasteiger partial charge in [-0.1, -0.05) is 12.1 Å². The smallest absolute Gasteiger partial charge is 0.250 e. The van der Waals surface area contributed by atoms with E-state index in [0.29, 0.717) is 27.8 Å². The molecule has 4 rings (SSSR count). The average molecular weight is 399 g/mol. The maximum atomic E-state index is 11.7. The number of aliphatic hydroxyl groups is 2. The van der Waals surface area contributed by atoms with Gasteiger partial charge in [0.15, 0.2) is 5.75 Å². The number of hydrogen-bond donors (Lipinski definition) is 3. The summed E-state index contributed by atoms with van der Waals surface area (Å²) in [6.07, 6.45) is -4.78. The number of aliphatic hydroxyl groups excluding tert-OH is 2. The Labute approximate surface area is 166 Å². The number of methoxy groups -OCH3 is 1. The van der Waals surface area contributed by atoms with E-state index in [1.807, 2.05) is 0 Å². The van der Waals surface area contributed by atoms with Crippen LogP contribution in [0.1, 0.15) is 17.3 Å². The van der Waals surface area contributed by atoms with Gasteiger partial charge in [0.25, 0.3) is 5.91 Å². The molecular weight excluding hydrogens is 378 g/mol. The summed E-state index contributed by atoms with van der Waals surface area (Å²) in [5, 5.41) is 20.3. The van der Waals surface area contributed by atoms with Crippen LogP contribution in [0.15, 0.2) is 36.4 Å². The van der Waals surface area contributed by atoms with Crippen molar-refractivity contribution < 1.29 is 29.2 Å². The van der Waals surface area contributed by atoms with E-state index in [0.717, 1.165) is 0 Å². The number of carbonyl (C=O) groups excluding carboxylic acids is 1. The minimum Gasteiger partial charge on any atom is -0.460 e. The van der Waals surface area contributed by atoms with E-state index < -0.39 is 36.6 Å². The van der Waals surface area contributed by atoms with Gasteiger partial charge in [0.1, 0.15) is 29.3 Å². The highest BCUT2D eigenvalue weighted by Crippen LogP contribution is 2.30. The predicted octanol–water partition coefficient (Wildman–Crippen LogP) is 0.742. The third-order valence-electron chi connectivity index (χ3n) is 5.02. The van der Waals surface area contributed by atoms with Gasteiger partial charge < -0.3 is 30.2 Å². The van der Waals surface area contributed by atoms with Gasteiger partial charge in [0, 0.05) is 7.11 Å². The highest BCUT2D eigenvalue weighted by atomic mass is 16.7. The van der Waals surface area contributed by atoms with Crippen molar-refractivity contribution in [1.29, 1.82) is 0 Å². The number of ether oxygens (including phenoxy) is 3. The molecule has 0 spiro atoms. The van der Waals surface area contributed by atoms with E-state index in [9.17, 15) is 15.0 Å². The number of primary amides is 1. The van der Waals surface area contributed by atoms with E-state index in [1.54, 1.807) is 43.3 Å². The molecule has 1 saturated heterocycles. The SMILES string of the molecule is CO[C@H]1[C@H](Oc2cccc3nc4c(C(N)=O)cccc4nc23)O[C@@H](C)[C@H](O)[C@H]1O. The molecule has 1 aromatic heterocycles. The summed E-state index contributed by atoms with van der Waals surface area (Å²) in [6.45, 7) is 1.64. The van der Waals surface area contributed by atoms with Gasteiger partial charge in [0.05, 0.1) is 22.7 Å². The van der Waals surface area contributed by atoms with E-state index >= 15 is 0 Å². The number of hydrogen-bond acceptors (Lipinski definition) is 8. The standard InChI is InChI=1S/C20H21N3O6/c1-9-16(24)17(25)18(27-2)20(28-9)29-13-8-4-7-12-15(13)23-11-6-3-5-10(19(21)26)14(11)22-12/h3-9,16-18,20,24-25H,1-2H3,(H2,21,26)/t9-,16-,17+,18+,20-/m0/s1. The summed E-state index contributed by atoms with van der Waals surface area (Å²) in [6, 6.07) is 10.2. The van der Waals surface area contributed by atoms with Crippen LogP contribution in [0, 0.1) is 0 Å². The van der Waals surface area contributed by atoms with Crippen molar-refractivity contribution in [1.82, 2.24) is 9.97 Å². The molecule has 2 heterocycles. The highest BCUT2D eigenvalue weighted by molar-refractivity contribution is 6.05. The summed E-state index contributed by atoms with van der Waals surface area (Å²) in [5.74, 6) is -0.221. The Morgan fingerprint density at radius 3 is 2.41 bits per heavy atom. The first-order valence-electron chi connectivity index (χ1n) is 9.11. The second-order valence-electron chi connectivity index (χ2n) is 6.89. The number of aromatic nitrogens is 2. The lowest BCUT2D eigenvalue weighted by atomic mass is 10.00. The van der Waals surface area contributed by atoms with Crippen LogP contribution in [0.25, 0.3) is 22.1 Å². The number of nitrogens with zero attached hydrogens (tertiary/aromatic N) is 2. The van der Waals surface area contributed by atoms with Gasteiger partial charge in [0.2, 0.25) is 6.29 Å². The molecule has 1 amide bonds. The summed E-state index contributed by atoms with van der Waals surface area (Å²) in [5.41, 5.74) is 7.57. The third kappa shape index (κ3) is 3.38. The number of benzene rings is 2. The number of nitrogens with two attached hydrogens (primary N) is 1. The molecule has 0 aliphatic carbocycles. The summed E-state index contributed by atoms with van der Waals surface area (Å²) in [4.78, 5) is 20.8. The van der Waals surface area contributed by atoms with E-state index in [2.05, 4.69) is 9.97 Å². The second-order valence-corrected chi connectivity index (χ2v) is 6.89. The Kier molecular flexibility index (Phi) is 5.05. The molecule has 152 valence electrons. The Morgan fingerprint density at radius 1 is 1.07 bits per heavy atom. The number of fused-ring (bicyclic) bond motifs is 2. The van der Waals surface area contributed by atoms with Crippen molar-refractivity contribution in [3.63, 3.8) is 0 Å². The number of amides is 1. The fourth-order valence-corrected chi connectivity index (χ4v) is 3.46. The van der Waals surface area contributed by atoms with Crippen molar-refractivity contribution in [3.05, 3.63) is 42.0 Å². The number of para-hydroxylation sites is 2. The molecule has 29 heavy (non-hydrogen) atoms. The Bertz CT molecular complexity index is 1070. The van der Waals surface area contributed by atoms with Crippen molar-refractivity contribution >= 4 is 28.0 Å². The third-order valence-corrected chi connectivity index (χ3v) is 5.02. The predicted molar refractivity (Wildman–Crippen MR) is 103 cm³/mol. The fraction of sp³-hybridized carbons (Fsp3) is 0.350. The van der Waals surface area contributed by atoms with Crippen LogP contribution >= 0.6 is 0 Å². The summed E-state index contributed by atoms with van der Waals surface area (Å²) < 4.78 is 17.0. The molecule has 3 aromatic rings. The molecule has 0 bridgehead atoms. The molecule has 5 atom stereocenters. The number of carbonyl (C=O) groups is 1. The number of rotatable bonds is 4. The van der Waals surface area contributed by atoms with Gasteiger partial charge >= 0.3 is 0 Å². The van der Waals surface area contributed by atoms with Crippen molar-refractivity contribution in [2.75, 3.05) is 7.11 Å². The Balaban J connectivity index is 1.77. The molecule has 9 heteroatoms. The quantitative estimate of drug-likeness (QED) is 0.547. The van der Waals surface area contributed by atoms with E-state index in [-0.39, 0.29) is 5.56 Å². The monoisotopic (exact) mass is 399 g/mol. The largest absolute Gasteiger partial charge is 0.460 e. The molecule has 0 unspecified atom stereocenters. The summed E-state index contributed by atoms with van der Waals surface area (Å²) in [7, 11) is 1.40. The van der Waals surface area contributed by atoms with Crippen LogP contribution < -0.4 is 10.5 Å². The lowest BCUT2D eigenvalue weighted by Gasteiger charge is -2.40. The molecule has 0 saturated carbocycles. The fourth-order valence-electron chi connectivity index (χ4n) is 3.46. The Morgan fingerprint density at radius 2 is 1.72 bits per heavy atom. The van der Waals surface area contributed by atoms with Gasteiger partial charge in [-0.15, -0.1) is 0 Å². The molecule has 9 nitrogen and oxygen atoms in total. The molecule has 2 aromatic carbocycles. The average Bonchev–Trinajstić information content (AvgIpc) is 2.70. The Hall–Kier alpha value is -2.85. The van der Waals surface area contributed by atoms with Crippen LogP contribution in [-0.2, 0) is 9.47 Å². The van der Waals surface area contributed by atoms with Crippen LogP contribution in [0.5, 0.6) is 5.75 Å². The van der Waals surface area contributed by atoms with Crippen LogP contribution in [-0.4, -0.2) is 63.9 Å². The molecular formula is C20H21N3O6. The van der Waals surface area contributed by atoms with Crippen molar-refractivity contribution in [2.45, 2.75) is 37.6 Å². The van der Waals surface area contributed by atoms with Gasteiger partial charge in [-0.25, -0.2) is 9.97 Å². The van der Waals surface area contributed by atoms with E-state index in [1.165, 1.54) is 7.11 Å². The van der Waals surface area contributed by atoms with Gasteiger partial charge in [-0.3, -0.25) is 4.79 Å². The normalized spacial score (nSPS) is 27.2. The first-order valence-corrected chi connectivity index (χ1v) is 9.11. The van der Waals surface area contributed by atoms with Gasteiger partial charge in [-0.2, -0.15) is 0 Å². The minimum absolute atomic E-state index is 0.282. The van der Waals surface area contributed by atoms with Crippen molar-refractivity contribution in [2.24, 2.45) is 5.73 Å². The maximum absolute atomic E-state index is 11.7. The van der Waals surface area contributed by atoms with Crippen LogP contribution in [0.4, 0.5) is 0 Å². The molecule has 0 radical (unpaired) electrons.